The molecule has 0 fully saturated rings. The Morgan fingerprint density at radius 2 is 1.59 bits per heavy atom. The molecule has 0 aliphatic rings. The Hall–Kier alpha value is -2.87. The highest BCUT2D eigenvalue weighted by atomic mass is 14.7. The molecule has 1 heterocycles. The van der Waals surface area contributed by atoms with Crippen molar-refractivity contribution in [3.05, 3.63) is 72.3 Å². The highest BCUT2D eigenvalue weighted by molar-refractivity contribution is 6.09. The van der Waals surface area contributed by atoms with Crippen molar-refractivity contribution in [3.8, 4) is 11.3 Å². The molecule has 0 aliphatic heterocycles. The van der Waals surface area contributed by atoms with Gasteiger partial charge >= 0.3 is 0 Å². The fourth-order valence-corrected chi connectivity index (χ4v) is 2.86. The molecule has 0 aliphatic carbocycles. The summed E-state index contributed by atoms with van der Waals surface area (Å²) in [6.07, 6.45) is 0. The first-order chi connectivity index (χ1) is 10.7. The van der Waals surface area contributed by atoms with Gasteiger partial charge in [-0.2, -0.15) is 0 Å². The van der Waals surface area contributed by atoms with Crippen LogP contribution in [-0.4, -0.2) is 4.98 Å². The van der Waals surface area contributed by atoms with E-state index in [1.807, 2.05) is 18.2 Å². The second kappa shape index (κ2) is 4.85. The normalized spacial score (nSPS) is 11.1. The maximum atomic E-state index is 6.28. The second-order valence-electron chi connectivity index (χ2n) is 5.65. The molecule has 0 saturated carbocycles. The summed E-state index contributed by atoms with van der Waals surface area (Å²) in [5.41, 5.74) is 11.3. The first-order valence-corrected chi connectivity index (χ1v) is 7.37. The minimum Gasteiger partial charge on any atom is -0.398 e. The van der Waals surface area contributed by atoms with Gasteiger partial charge in [0.25, 0.3) is 0 Å². The number of nitrogens with zero attached hydrogens (tertiary/aromatic N) is 1. The molecular weight excluding hydrogens is 268 g/mol. The molecule has 0 saturated heterocycles. The number of nitrogen functional groups attached to an aromatic ring is 1. The first-order valence-electron chi connectivity index (χ1n) is 7.37. The van der Waals surface area contributed by atoms with Crippen molar-refractivity contribution in [2.24, 2.45) is 0 Å². The van der Waals surface area contributed by atoms with E-state index < -0.39 is 0 Å². The number of rotatable bonds is 1. The molecule has 3 aromatic carbocycles. The minimum atomic E-state index is 0.770. The van der Waals surface area contributed by atoms with Gasteiger partial charge in [0, 0.05) is 22.0 Å². The van der Waals surface area contributed by atoms with Gasteiger partial charge in [0.2, 0.25) is 0 Å². The van der Waals surface area contributed by atoms with E-state index in [0.717, 1.165) is 33.2 Å². The van der Waals surface area contributed by atoms with Crippen LogP contribution in [0.3, 0.4) is 0 Å². The van der Waals surface area contributed by atoms with E-state index in [2.05, 4.69) is 55.5 Å². The molecule has 22 heavy (non-hydrogen) atoms. The average molecular weight is 284 g/mol. The Kier molecular flexibility index (Phi) is 2.83. The highest BCUT2D eigenvalue weighted by Crippen LogP contribution is 2.31. The molecule has 0 spiro atoms. The zero-order chi connectivity index (χ0) is 15.1. The molecule has 4 rings (SSSR count). The molecule has 0 amide bonds. The van der Waals surface area contributed by atoms with Crippen molar-refractivity contribution >= 4 is 27.4 Å². The van der Waals surface area contributed by atoms with Gasteiger partial charge in [0.15, 0.2) is 0 Å². The zero-order valence-corrected chi connectivity index (χ0v) is 12.4. The maximum Gasteiger partial charge on any atom is 0.0808 e. The molecule has 0 unspecified atom stereocenters. The molecule has 4 aromatic rings. The van der Waals surface area contributed by atoms with E-state index in [0.29, 0.717) is 0 Å². The lowest BCUT2D eigenvalue weighted by Gasteiger charge is -2.09. The van der Waals surface area contributed by atoms with Gasteiger partial charge in [-0.1, -0.05) is 66.2 Å². The number of aromatic nitrogens is 1. The van der Waals surface area contributed by atoms with Crippen LogP contribution in [0.4, 0.5) is 5.69 Å². The van der Waals surface area contributed by atoms with Gasteiger partial charge in [0.1, 0.15) is 0 Å². The van der Waals surface area contributed by atoms with E-state index in [1.165, 1.54) is 10.9 Å². The zero-order valence-electron chi connectivity index (χ0n) is 12.4. The van der Waals surface area contributed by atoms with Crippen molar-refractivity contribution in [3.63, 3.8) is 0 Å². The summed E-state index contributed by atoms with van der Waals surface area (Å²) in [6, 6.07) is 22.8. The number of nitrogens with two attached hydrogens (primary N) is 1. The Balaban J connectivity index is 2.05. The summed E-state index contributed by atoms with van der Waals surface area (Å²) >= 11 is 0. The third-order valence-corrected chi connectivity index (χ3v) is 4.08. The molecule has 106 valence electrons. The topological polar surface area (TPSA) is 38.9 Å². The monoisotopic (exact) mass is 284 g/mol. The molecule has 1 aromatic heterocycles. The van der Waals surface area contributed by atoms with Gasteiger partial charge in [-0.3, -0.25) is 0 Å². The van der Waals surface area contributed by atoms with Crippen molar-refractivity contribution in [2.75, 3.05) is 5.73 Å². The minimum absolute atomic E-state index is 0.770. The predicted octanol–water partition coefficient (Wildman–Crippen LogP) is 4.95. The van der Waals surface area contributed by atoms with Gasteiger partial charge in [-0.25, -0.2) is 4.98 Å². The smallest absolute Gasteiger partial charge is 0.0808 e. The van der Waals surface area contributed by atoms with Crippen molar-refractivity contribution in [2.45, 2.75) is 6.92 Å². The summed E-state index contributed by atoms with van der Waals surface area (Å²) in [6.45, 7) is 2.08. The van der Waals surface area contributed by atoms with Gasteiger partial charge in [-0.05, 0) is 18.4 Å². The quantitative estimate of drug-likeness (QED) is 0.502. The number of aryl methyl sites for hydroxylation is 1. The summed E-state index contributed by atoms with van der Waals surface area (Å²) in [5, 5.41) is 3.33. The number of hydrogen-bond donors (Lipinski definition) is 1. The van der Waals surface area contributed by atoms with Crippen LogP contribution >= 0.6 is 0 Å². The molecule has 2 heteroatoms. The van der Waals surface area contributed by atoms with E-state index in [4.69, 9.17) is 10.7 Å². The van der Waals surface area contributed by atoms with Crippen molar-refractivity contribution < 1.29 is 0 Å². The number of benzene rings is 3. The van der Waals surface area contributed by atoms with Crippen LogP contribution in [0.1, 0.15) is 5.56 Å². The predicted molar refractivity (Wildman–Crippen MR) is 93.8 cm³/mol. The Morgan fingerprint density at radius 1 is 0.818 bits per heavy atom. The molecular formula is C20H16N2. The summed E-state index contributed by atoms with van der Waals surface area (Å²) in [5.74, 6) is 0. The summed E-state index contributed by atoms with van der Waals surface area (Å²) in [4.78, 5) is 4.88. The molecule has 0 atom stereocenters. The standard InChI is InChI=1S/C20H16N2/c1-13-6-8-15(9-7-13)19-12-18(21)17-11-10-14-4-2-3-5-16(14)20(17)22-19/h2-12H,1H3,(H2,21,22). The lowest BCUT2D eigenvalue weighted by Crippen LogP contribution is -1.93. The lowest BCUT2D eigenvalue weighted by molar-refractivity contribution is 1.39. The maximum absolute atomic E-state index is 6.28. The highest BCUT2D eigenvalue weighted by Gasteiger charge is 2.08. The van der Waals surface area contributed by atoms with Crippen LogP contribution in [0.15, 0.2) is 66.7 Å². The molecule has 2 nitrogen and oxygen atoms in total. The van der Waals surface area contributed by atoms with Crippen molar-refractivity contribution in [1.82, 2.24) is 4.98 Å². The molecule has 2 N–H and O–H groups in total. The number of pyridine rings is 1. The summed E-state index contributed by atoms with van der Waals surface area (Å²) in [7, 11) is 0. The van der Waals surface area contributed by atoms with Crippen molar-refractivity contribution in [1.29, 1.82) is 0 Å². The molecule has 0 bridgehead atoms. The van der Waals surface area contributed by atoms with E-state index in [-0.39, 0.29) is 0 Å². The Morgan fingerprint density at radius 3 is 2.41 bits per heavy atom. The number of hydrogen-bond acceptors (Lipinski definition) is 2. The van der Waals surface area contributed by atoms with Crippen LogP contribution in [0.5, 0.6) is 0 Å². The third kappa shape index (κ3) is 2.01. The lowest BCUT2D eigenvalue weighted by atomic mass is 10.0. The molecule has 0 radical (unpaired) electrons. The van der Waals surface area contributed by atoms with Crippen LogP contribution in [0.2, 0.25) is 0 Å². The van der Waals surface area contributed by atoms with E-state index >= 15 is 0 Å². The van der Waals surface area contributed by atoms with Gasteiger partial charge in [-0.15, -0.1) is 0 Å². The summed E-state index contributed by atoms with van der Waals surface area (Å²) < 4.78 is 0. The van der Waals surface area contributed by atoms with Crippen LogP contribution in [-0.2, 0) is 0 Å². The average Bonchev–Trinajstić information content (AvgIpc) is 2.55. The van der Waals surface area contributed by atoms with E-state index in [1.54, 1.807) is 0 Å². The van der Waals surface area contributed by atoms with Crippen LogP contribution in [0.25, 0.3) is 32.9 Å². The Bertz CT molecular complexity index is 986. The second-order valence-corrected chi connectivity index (χ2v) is 5.65. The van der Waals surface area contributed by atoms with E-state index in [9.17, 15) is 0 Å². The van der Waals surface area contributed by atoms with Crippen LogP contribution in [0, 0.1) is 6.92 Å². The fraction of sp³-hybridized carbons (Fsp3) is 0.0500. The SMILES string of the molecule is Cc1ccc(-c2cc(N)c3ccc4ccccc4c3n2)cc1. The fourth-order valence-electron chi connectivity index (χ4n) is 2.86. The Labute approximate surface area is 129 Å². The van der Waals surface area contributed by atoms with Gasteiger partial charge < -0.3 is 5.73 Å². The first kappa shape index (κ1) is 12.8. The van der Waals surface area contributed by atoms with Gasteiger partial charge in [0.05, 0.1) is 11.2 Å². The number of anilines is 1. The third-order valence-electron chi connectivity index (χ3n) is 4.08. The largest absolute Gasteiger partial charge is 0.398 e. The van der Waals surface area contributed by atoms with Crippen LogP contribution < -0.4 is 5.73 Å². The number of fused-ring (bicyclic) bond motifs is 3.